The molecule has 1 aliphatic rings. The molecule has 178 valence electrons. The van der Waals surface area contributed by atoms with Crippen LogP contribution in [0.2, 0.25) is 0 Å². The molecular weight excluding hydrogens is 456 g/mol. The van der Waals surface area contributed by atoms with Gasteiger partial charge in [0.25, 0.3) is 5.91 Å². The quantitative estimate of drug-likeness (QED) is 0.408. The lowest BCUT2D eigenvalue weighted by molar-refractivity contribution is -0.126. The summed E-state index contributed by atoms with van der Waals surface area (Å²) in [5.74, 6) is -0.449. The Labute approximate surface area is 209 Å². The second kappa shape index (κ2) is 9.15. The molecule has 0 aliphatic carbocycles. The highest BCUT2D eigenvalue weighted by molar-refractivity contribution is 7.13. The van der Waals surface area contributed by atoms with Gasteiger partial charge in [0.2, 0.25) is 5.91 Å². The van der Waals surface area contributed by atoms with Gasteiger partial charge in [0.05, 0.1) is 11.4 Å². The normalized spacial score (nSPS) is 17.3. The molecule has 0 saturated heterocycles. The van der Waals surface area contributed by atoms with E-state index in [1.807, 2.05) is 79.9 Å². The van der Waals surface area contributed by atoms with Gasteiger partial charge in [-0.2, -0.15) is 5.10 Å². The first-order chi connectivity index (χ1) is 16.9. The summed E-state index contributed by atoms with van der Waals surface area (Å²) in [6.45, 7) is 6.58. The molecule has 0 radical (unpaired) electrons. The number of carbonyl (C=O) groups excluding carboxylic acids is 2. The smallest absolute Gasteiger partial charge is 0.277 e. The van der Waals surface area contributed by atoms with Gasteiger partial charge >= 0.3 is 0 Å². The number of nitrogens with zero attached hydrogens (tertiary/aromatic N) is 3. The van der Waals surface area contributed by atoms with Crippen molar-refractivity contribution in [2.24, 2.45) is 0 Å². The van der Waals surface area contributed by atoms with Crippen molar-refractivity contribution in [3.8, 4) is 10.6 Å². The minimum Gasteiger partial charge on any atom is -0.350 e. The summed E-state index contributed by atoms with van der Waals surface area (Å²) in [5, 5.41) is 9.77. The average Bonchev–Trinajstić information content (AvgIpc) is 3.53. The van der Waals surface area contributed by atoms with Gasteiger partial charge in [-0.1, -0.05) is 55.0 Å². The first kappa shape index (κ1) is 23.1. The standard InChI is InChI=1S/C28H28N4O2S/c1-4-20-10-12-22(13-11-20)32-26(33)24-16-23(25-9-6-14-35-25)30-31(24)18-28(32,3)27(34)29-17-21-8-5-7-19(2)15-21/h5-16H,4,17-18H2,1-3H3,(H,29,34)/t28-/m1/s1. The largest absolute Gasteiger partial charge is 0.350 e. The van der Waals surface area contributed by atoms with Crippen molar-refractivity contribution in [3.05, 3.63) is 94.5 Å². The van der Waals surface area contributed by atoms with Gasteiger partial charge in [0, 0.05) is 12.2 Å². The van der Waals surface area contributed by atoms with Gasteiger partial charge in [0.1, 0.15) is 16.9 Å². The topological polar surface area (TPSA) is 67.2 Å². The number of rotatable bonds is 6. The SMILES string of the molecule is CCc1ccc(N2C(=O)c3cc(-c4cccs4)nn3C[C@]2(C)C(=O)NCc2cccc(C)c2)cc1. The number of hydrogen-bond donors (Lipinski definition) is 1. The number of carbonyl (C=O) groups is 2. The molecule has 0 spiro atoms. The molecule has 1 aliphatic heterocycles. The zero-order valence-electron chi connectivity index (χ0n) is 20.1. The second-order valence-corrected chi connectivity index (χ2v) is 10.1. The van der Waals surface area contributed by atoms with E-state index in [0.29, 0.717) is 17.9 Å². The summed E-state index contributed by atoms with van der Waals surface area (Å²) in [5.41, 5.74) is 4.10. The van der Waals surface area contributed by atoms with Crippen LogP contribution in [0.3, 0.4) is 0 Å². The maximum atomic E-state index is 13.9. The molecule has 2 aromatic heterocycles. The molecule has 5 rings (SSSR count). The number of aryl methyl sites for hydroxylation is 2. The predicted molar refractivity (Wildman–Crippen MR) is 140 cm³/mol. The van der Waals surface area contributed by atoms with Crippen LogP contribution in [-0.4, -0.2) is 27.1 Å². The number of benzene rings is 2. The van der Waals surface area contributed by atoms with E-state index in [4.69, 9.17) is 5.10 Å². The number of fused-ring (bicyclic) bond motifs is 1. The summed E-state index contributed by atoms with van der Waals surface area (Å²) < 4.78 is 1.68. The van der Waals surface area contributed by atoms with Crippen LogP contribution >= 0.6 is 11.3 Å². The number of nitrogens with one attached hydrogen (secondary N) is 1. The molecule has 6 nitrogen and oxygen atoms in total. The third-order valence-corrected chi connectivity index (χ3v) is 7.45. The third kappa shape index (κ3) is 4.28. The molecule has 0 bridgehead atoms. The number of aromatic nitrogens is 2. The molecule has 35 heavy (non-hydrogen) atoms. The van der Waals surface area contributed by atoms with E-state index in [1.54, 1.807) is 20.9 Å². The van der Waals surface area contributed by atoms with Crippen molar-refractivity contribution < 1.29 is 9.59 Å². The zero-order valence-corrected chi connectivity index (χ0v) is 20.9. The van der Waals surface area contributed by atoms with Crippen molar-refractivity contribution in [3.63, 3.8) is 0 Å². The highest BCUT2D eigenvalue weighted by Gasteiger charge is 2.48. The van der Waals surface area contributed by atoms with Crippen LogP contribution in [0.25, 0.3) is 10.6 Å². The van der Waals surface area contributed by atoms with Crippen LogP contribution in [0.5, 0.6) is 0 Å². The Morgan fingerprint density at radius 3 is 2.57 bits per heavy atom. The van der Waals surface area contributed by atoms with Crippen LogP contribution in [0.15, 0.2) is 72.1 Å². The molecule has 2 aromatic carbocycles. The average molecular weight is 485 g/mol. The summed E-state index contributed by atoms with van der Waals surface area (Å²) >= 11 is 1.57. The lowest BCUT2D eigenvalue weighted by atomic mass is 9.93. The van der Waals surface area contributed by atoms with E-state index < -0.39 is 5.54 Å². The maximum absolute atomic E-state index is 13.9. The molecule has 0 unspecified atom stereocenters. The summed E-state index contributed by atoms with van der Waals surface area (Å²) in [4.78, 5) is 30.2. The van der Waals surface area contributed by atoms with E-state index in [0.717, 1.165) is 28.1 Å². The molecular formula is C28H28N4O2S. The van der Waals surface area contributed by atoms with E-state index in [9.17, 15) is 9.59 Å². The lowest BCUT2D eigenvalue weighted by Gasteiger charge is -2.43. The molecule has 1 N–H and O–H groups in total. The fourth-order valence-electron chi connectivity index (χ4n) is 4.61. The Bertz CT molecular complexity index is 1370. The Morgan fingerprint density at radius 2 is 1.89 bits per heavy atom. The molecule has 2 amide bonds. The van der Waals surface area contributed by atoms with E-state index in [-0.39, 0.29) is 18.4 Å². The van der Waals surface area contributed by atoms with Crippen molar-refractivity contribution in [1.82, 2.24) is 15.1 Å². The number of hydrogen-bond acceptors (Lipinski definition) is 4. The molecule has 3 heterocycles. The van der Waals surface area contributed by atoms with Gasteiger partial charge in [-0.15, -0.1) is 11.3 Å². The van der Waals surface area contributed by atoms with E-state index in [2.05, 4.69) is 18.3 Å². The van der Waals surface area contributed by atoms with Crippen LogP contribution in [0.4, 0.5) is 5.69 Å². The van der Waals surface area contributed by atoms with E-state index in [1.165, 1.54) is 5.56 Å². The Morgan fingerprint density at radius 1 is 1.09 bits per heavy atom. The zero-order chi connectivity index (χ0) is 24.6. The molecule has 1 atom stereocenters. The van der Waals surface area contributed by atoms with Crippen LogP contribution in [0.1, 0.15) is 41.0 Å². The minimum absolute atomic E-state index is 0.217. The molecule has 4 aromatic rings. The van der Waals surface area contributed by atoms with Gasteiger partial charge in [-0.05, 0) is 61.0 Å². The Balaban J connectivity index is 1.53. The number of amides is 2. The van der Waals surface area contributed by atoms with Gasteiger partial charge in [0.15, 0.2) is 0 Å². The van der Waals surface area contributed by atoms with Crippen LogP contribution in [0, 0.1) is 6.92 Å². The molecule has 0 saturated carbocycles. The van der Waals surface area contributed by atoms with Crippen molar-refractivity contribution in [2.75, 3.05) is 4.90 Å². The van der Waals surface area contributed by atoms with Crippen LogP contribution < -0.4 is 10.2 Å². The number of thiophene rings is 1. The van der Waals surface area contributed by atoms with Gasteiger partial charge < -0.3 is 5.32 Å². The van der Waals surface area contributed by atoms with E-state index >= 15 is 0 Å². The Kier molecular flexibility index (Phi) is 6.03. The fourth-order valence-corrected chi connectivity index (χ4v) is 5.29. The van der Waals surface area contributed by atoms with Crippen molar-refractivity contribution in [2.45, 2.75) is 45.8 Å². The second-order valence-electron chi connectivity index (χ2n) is 9.16. The molecule has 7 heteroatoms. The molecule has 0 fully saturated rings. The number of anilines is 1. The first-order valence-corrected chi connectivity index (χ1v) is 12.7. The highest BCUT2D eigenvalue weighted by atomic mass is 32.1. The highest BCUT2D eigenvalue weighted by Crippen LogP contribution is 2.35. The van der Waals surface area contributed by atoms with Crippen molar-refractivity contribution in [1.29, 1.82) is 0 Å². The van der Waals surface area contributed by atoms with Crippen LogP contribution in [-0.2, 0) is 24.3 Å². The van der Waals surface area contributed by atoms with Crippen molar-refractivity contribution >= 4 is 28.8 Å². The fraction of sp³-hybridized carbons (Fsp3) is 0.250. The summed E-state index contributed by atoms with van der Waals surface area (Å²) in [6.07, 6.45) is 0.902. The summed E-state index contributed by atoms with van der Waals surface area (Å²) in [6, 6.07) is 21.7. The van der Waals surface area contributed by atoms with Gasteiger partial charge in [-0.25, -0.2) is 0 Å². The monoisotopic (exact) mass is 484 g/mol. The first-order valence-electron chi connectivity index (χ1n) is 11.8. The van der Waals surface area contributed by atoms with Gasteiger partial charge in [-0.3, -0.25) is 19.2 Å². The third-order valence-electron chi connectivity index (χ3n) is 6.55. The maximum Gasteiger partial charge on any atom is 0.277 e. The lowest BCUT2D eigenvalue weighted by Crippen LogP contribution is -2.64. The minimum atomic E-state index is -1.15. The Hall–Kier alpha value is -3.71. The predicted octanol–water partition coefficient (Wildman–Crippen LogP) is 5.22. The summed E-state index contributed by atoms with van der Waals surface area (Å²) in [7, 11) is 0.